The molecule has 0 radical (unpaired) electrons. The predicted molar refractivity (Wildman–Crippen MR) is 77.9 cm³/mol. The van der Waals surface area contributed by atoms with Gasteiger partial charge in [0.25, 0.3) is 5.91 Å². The molecule has 6 heteroatoms. The molecule has 2 N–H and O–H groups in total. The molecule has 0 heterocycles. The number of ether oxygens (including phenoxy) is 2. The molecule has 1 amide bonds. The maximum atomic E-state index is 11.9. The molecule has 1 saturated carbocycles. The molecule has 20 heavy (non-hydrogen) atoms. The number of benzene rings is 1. The molecule has 1 aromatic carbocycles. The van der Waals surface area contributed by atoms with E-state index < -0.39 is 6.10 Å². The van der Waals surface area contributed by atoms with Crippen molar-refractivity contribution in [2.45, 2.75) is 38.5 Å². The molecule has 0 bridgehead atoms. The predicted octanol–water partition coefficient (Wildman–Crippen LogP) is 2.00. The van der Waals surface area contributed by atoms with Gasteiger partial charge in [-0.2, -0.15) is 0 Å². The Morgan fingerprint density at radius 2 is 2.25 bits per heavy atom. The van der Waals surface area contributed by atoms with Crippen LogP contribution in [0.3, 0.4) is 0 Å². The first kappa shape index (κ1) is 15.1. The summed E-state index contributed by atoms with van der Waals surface area (Å²) in [6, 6.07) is 3.73. The van der Waals surface area contributed by atoms with Crippen LogP contribution in [-0.2, 0) is 11.4 Å². The van der Waals surface area contributed by atoms with E-state index in [9.17, 15) is 4.79 Å². The molecule has 0 aromatic heterocycles. The van der Waals surface area contributed by atoms with Crippen molar-refractivity contribution in [3.05, 3.63) is 22.2 Å². The van der Waals surface area contributed by atoms with E-state index in [1.54, 1.807) is 19.1 Å². The number of rotatable bonds is 6. The van der Waals surface area contributed by atoms with Crippen LogP contribution in [0.2, 0.25) is 0 Å². The number of aliphatic hydroxyl groups is 1. The summed E-state index contributed by atoms with van der Waals surface area (Å²) >= 11 is 3.37. The highest BCUT2D eigenvalue weighted by molar-refractivity contribution is 9.10. The molecule has 110 valence electrons. The maximum absolute atomic E-state index is 11.9. The lowest BCUT2D eigenvalue weighted by Crippen LogP contribution is -2.37. The van der Waals surface area contributed by atoms with E-state index in [2.05, 4.69) is 21.2 Å². The van der Waals surface area contributed by atoms with Gasteiger partial charge in [-0.15, -0.1) is 0 Å². The number of amides is 1. The number of hydrogen-bond acceptors (Lipinski definition) is 4. The Hall–Kier alpha value is -1.27. The van der Waals surface area contributed by atoms with E-state index in [4.69, 9.17) is 14.6 Å². The molecule has 1 atom stereocenters. The topological polar surface area (TPSA) is 67.8 Å². The normalized spacial score (nSPS) is 15.6. The molecule has 1 aliphatic carbocycles. The van der Waals surface area contributed by atoms with Crippen LogP contribution in [0.25, 0.3) is 0 Å². The molecule has 0 saturated heterocycles. The van der Waals surface area contributed by atoms with Gasteiger partial charge < -0.3 is 19.9 Å². The van der Waals surface area contributed by atoms with Crippen LogP contribution in [0.1, 0.15) is 25.3 Å². The molecule has 2 rings (SSSR count). The molecule has 0 spiro atoms. The number of carbonyl (C=O) groups is 1. The molecular formula is C14H18BrNO4. The van der Waals surface area contributed by atoms with Gasteiger partial charge in [-0.1, -0.05) is 0 Å². The van der Waals surface area contributed by atoms with E-state index in [1.807, 2.05) is 0 Å². The van der Waals surface area contributed by atoms with Gasteiger partial charge in [0.2, 0.25) is 0 Å². The van der Waals surface area contributed by atoms with Gasteiger partial charge >= 0.3 is 0 Å². The highest BCUT2D eigenvalue weighted by Gasteiger charge is 2.27. The van der Waals surface area contributed by atoms with Gasteiger partial charge in [0, 0.05) is 6.04 Å². The van der Waals surface area contributed by atoms with E-state index in [0.717, 1.165) is 12.8 Å². The minimum atomic E-state index is -0.610. The van der Waals surface area contributed by atoms with E-state index in [1.165, 1.54) is 7.11 Å². The van der Waals surface area contributed by atoms with Crippen molar-refractivity contribution in [1.29, 1.82) is 0 Å². The quantitative estimate of drug-likeness (QED) is 0.828. The number of halogens is 1. The number of carbonyl (C=O) groups excluding carboxylic acids is 1. The van der Waals surface area contributed by atoms with Crippen molar-refractivity contribution >= 4 is 21.8 Å². The van der Waals surface area contributed by atoms with E-state index >= 15 is 0 Å². The highest BCUT2D eigenvalue weighted by atomic mass is 79.9. The number of aliphatic hydroxyl groups excluding tert-OH is 1. The summed E-state index contributed by atoms with van der Waals surface area (Å²) in [6.07, 6.45) is 1.47. The second kappa shape index (κ2) is 6.45. The largest absolute Gasteiger partial charge is 0.493 e. The lowest BCUT2D eigenvalue weighted by atomic mass is 10.2. The van der Waals surface area contributed by atoms with Crippen molar-refractivity contribution in [2.75, 3.05) is 7.11 Å². The zero-order chi connectivity index (χ0) is 14.7. The monoisotopic (exact) mass is 343 g/mol. The summed E-state index contributed by atoms with van der Waals surface area (Å²) < 4.78 is 11.6. The van der Waals surface area contributed by atoms with E-state index in [-0.39, 0.29) is 12.5 Å². The van der Waals surface area contributed by atoms with Crippen LogP contribution < -0.4 is 14.8 Å². The zero-order valence-electron chi connectivity index (χ0n) is 11.5. The molecule has 1 unspecified atom stereocenters. The minimum absolute atomic E-state index is 0.0903. The van der Waals surface area contributed by atoms with Crippen LogP contribution >= 0.6 is 15.9 Å². The SMILES string of the molecule is COc1cc(CO)cc(Br)c1OC(C)C(=O)NC1CC1. The highest BCUT2D eigenvalue weighted by Crippen LogP contribution is 2.37. The average molecular weight is 344 g/mol. The van der Waals surface area contributed by atoms with Crippen LogP contribution in [0.15, 0.2) is 16.6 Å². The number of hydrogen-bond donors (Lipinski definition) is 2. The van der Waals surface area contributed by atoms with Crippen LogP contribution in [0.5, 0.6) is 11.5 Å². The summed E-state index contributed by atoms with van der Waals surface area (Å²) in [6.45, 7) is 1.61. The Kier molecular flexibility index (Phi) is 4.88. The Morgan fingerprint density at radius 3 is 2.80 bits per heavy atom. The third kappa shape index (κ3) is 3.64. The Labute approximate surface area is 126 Å². The first-order valence-corrected chi connectivity index (χ1v) is 7.28. The first-order chi connectivity index (χ1) is 9.55. The van der Waals surface area contributed by atoms with Crippen LogP contribution in [0, 0.1) is 0 Å². The van der Waals surface area contributed by atoms with Crippen molar-refractivity contribution in [2.24, 2.45) is 0 Å². The van der Waals surface area contributed by atoms with Gasteiger partial charge in [-0.05, 0) is 53.4 Å². The fourth-order valence-electron chi connectivity index (χ4n) is 1.76. The van der Waals surface area contributed by atoms with Crippen LogP contribution in [-0.4, -0.2) is 30.3 Å². The number of methoxy groups -OCH3 is 1. The maximum Gasteiger partial charge on any atom is 0.260 e. The second-order valence-corrected chi connectivity index (χ2v) is 5.66. The Bertz CT molecular complexity index is 502. The van der Waals surface area contributed by atoms with Gasteiger partial charge in [0.1, 0.15) is 0 Å². The number of nitrogens with one attached hydrogen (secondary N) is 1. The summed E-state index contributed by atoms with van der Waals surface area (Å²) in [5.74, 6) is 0.810. The van der Waals surface area contributed by atoms with Gasteiger partial charge in [0.05, 0.1) is 18.2 Å². The smallest absolute Gasteiger partial charge is 0.260 e. The first-order valence-electron chi connectivity index (χ1n) is 6.49. The fourth-order valence-corrected chi connectivity index (χ4v) is 2.34. The summed E-state index contributed by atoms with van der Waals surface area (Å²) in [5, 5.41) is 12.1. The van der Waals surface area contributed by atoms with Gasteiger partial charge in [0.15, 0.2) is 17.6 Å². The van der Waals surface area contributed by atoms with Crippen LogP contribution in [0.4, 0.5) is 0 Å². The van der Waals surface area contributed by atoms with Crippen molar-refractivity contribution < 1.29 is 19.4 Å². The van der Waals surface area contributed by atoms with Crippen molar-refractivity contribution in [3.8, 4) is 11.5 Å². The van der Waals surface area contributed by atoms with Gasteiger partial charge in [-0.25, -0.2) is 0 Å². The van der Waals surface area contributed by atoms with E-state index in [0.29, 0.717) is 27.6 Å². The zero-order valence-corrected chi connectivity index (χ0v) is 13.1. The lowest BCUT2D eigenvalue weighted by molar-refractivity contribution is -0.127. The third-order valence-electron chi connectivity index (χ3n) is 3.06. The molecular weight excluding hydrogens is 326 g/mol. The minimum Gasteiger partial charge on any atom is -0.493 e. The molecule has 0 aliphatic heterocycles. The Balaban J connectivity index is 2.12. The van der Waals surface area contributed by atoms with Crippen molar-refractivity contribution in [1.82, 2.24) is 5.32 Å². The second-order valence-electron chi connectivity index (χ2n) is 4.81. The fraction of sp³-hybridized carbons (Fsp3) is 0.500. The molecule has 1 aliphatic rings. The summed E-state index contributed by atoms with van der Waals surface area (Å²) in [7, 11) is 1.52. The molecule has 5 nitrogen and oxygen atoms in total. The molecule has 1 fully saturated rings. The van der Waals surface area contributed by atoms with Crippen molar-refractivity contribution in [3.63, 3.8) is 0 Å². The summed E-state index contributed by atoms with van der Waals surface area (Å²) in [5.41, 5.74) is 0.705. The van der Waals surface area contributed by atoms with Gasteiger partial charge in [-0.3, -0.25) is 4.79 Å². The Morgan fingerprint density at radius 1 is 1.55 bits per heavy atom. The standard InChI is InChI=1S/C14H18BrNO4/c1-8(14(18)16-10-3-4-10)20-13-11(15)5-9(7-17)6-12(13)19-2/h5-6,8,10,17H,3-4,7H2,1-2H3,(H,16,18). The summed E-state index contributed by atoms with van der Waals surface area (Å²) in [4.78, 5) is 11.9. The average Bonchev–Trinajstić information content (AvgIpc) is 3.24. The third-order valence-corrected chi connectivity index (χ3v) is 3.65. The molecule has 1 aromatic rings. The lowest BCUT2D eigenvalue weighted by Gasteiger charge is -2.18.